The number of halogens is 3. The van der Waals surface area contributed by atoms with Crippen LogP contribution in [-0.2, 0) is 19.8 Å². The Morgan fingerprint density at radius 3 is 2.38 bits per heavy atom. The summed E-state index contributed by atoms with van der Waals surface area (Å²) in [6.45, 7) is 4.04. The van der Waals surface area contributed by atoms with E-state index in [1.165, 1.54) is 47.6 Å². The highest BCUT2D eigenvalue weighted by molar-refractivity contribution is 7.86. The number of hydrogen-bond acceptors (Lipinski definition) is 6. The number of rotatable bonds is 12. The molecule has 0 spiro atoms. The molecule has 0 aliphatic carbocycles. The molecule has 2 aromatic carbocycles. The minimum atomic E-state index is -3.68. The molecule has 10 nitrogen and oxygen atoms in total. The first kappa shape index (κ1) is 34.7. The standard InChI is InChI=1S/C33H41F3N6O4S/c1-22(43)39-29-9-12-41(13-10-29)47(45,46)42-14-11-37-20-30(42)4-2-3-24-19-38-21-32(24)40-33(44)18-31(23-5-7-26(34)8-6-23)25-15-27(35)17-28(36)16-25/h5-8,15-17,21,29-31,37H,2-4,9-14,18-20H2,1H3,(H,39,43)(H,40,44)/t30-,31-/m0/s1. The molecule has 47 heavy (non-hydrogen) atoms. The van der Waals surface area contributed by atoms with Gasteiger partial charge in [-0.1, -0.05) is 12.1 Å². The van der Waals surface area contributed by atoms with Crippen molar-refractivity contribution < 1.29 is 31.2 Å². The quantitative estimate of drug-likeness (QED) is 0.319. The van der Waals surface area contributed by atoms with Crippen molar-refractivity contribution in [1.82, 2.24) is 24.6 Å². The molecular weight excluding hydrogens is 633 g/mol. The van der Waals surface area contributed by atoms with Gasteiger partial charge in [-0.2, -0.15) is 17.0 Å². The smallest absolute Gasteiger partial charge is 0.282 e. The van der Waals surface area contributed by atoms with Gasteiger partial charge < -0.3 is 16.0 Å². The van der Waals surface area contributed by atoms with Crippen LogP contribution in [0.4, 0.5) is 13.2 Å². The number of benzene rings is 2. The molecule has 2 aromatic rings. The average molecular weight is 675 g/mol. The van der Waals surface area contributed by atoms with Crippen molar-refractivity contribution in [2.24, 2.45) is 4.99 Å². The largest absolute Gasteiger partial charge is 0.354 e. The van der Waals surface area contributed by atoms with Crippen LogP contribution in [0.1, 0.15) is 62.5 Å². The molecule has 254 valence electrons. The Morgan fingerprint density at radius 2 is 1.70 bits per heavy atom. The molecule has 0 unspecified atom stereocenters. The predicted octanol–water partition coefficient (Wildman–Crippen LogP) is 3.37. The summed E-state index contributed by atoms with van der Waals surface area (Å²) in [5.74, 6) is -3.23. The average Bonchev–Trinajstić information content (AvgIpc) is 3.46. The second kappa shape index (κ2) is 15.5. The summed E-state index contributed by atoms with van der Waals surface area (Å²) in [5, 5.41) is 9.08. The van der Waals surface area contributed by atoms with Crippen LogP contribution in [-0.4, -0.2) is 86.4 Å². The van der Waals surface area contributed by atoms with E-state index in [1.807, 2.05) is 0 Å². The van der Waals surface area contributed by atoms with Crippen molar-refractivity contribution in [3.8, 4) is 0 Å². The number of piperidine rings is 1. The van der Waals surface area contributed by atoms with E-state index in [9.17, 15) is 31.2 Å². The summed E-state index contributed by atoms with van der Waals surface area (Å²) in [7, 11) is -3.68. The number of aliphatic imine (C=N–C) groups is 1. The Morgan fingerprint density at radius 1 is 1.00 bits per heavy atom. The van der Waals surface area contributed by atoms with E-state index in [0.717, 1.165) is 11.6 Å². The van der Waals surface area contributed by atoms with Crippen LogP contribution in [0.15, 0.2) is 58.7 Å². The van der Waals surface area contributed by atoms with E-state index in [2.05, 4.69) is 20.9 Å². The van der Waals surface area contributed by atoms with Crippen molar-refractivity contribution in [3.05, 3.63) is 82.3 Å². The lowest BCUT2D eigenvalue weighted by Crippen LogP contribution is -2.58. The summed E-state index contributed by atoms with van der Waals surface area (Å²) in [4.78, 5) is 29.0. The highest BCUT2D eigenvalue weighted by Crippen LogP contribution is 2.30. The Bertz CT molecular complexity index is 1590. The fourth-order valence-electron chi connectivity index (χ4n) is 6.55. The maximum atomic E-state index is 14.1. The lowest BCUT2D eigenvalue weighted by molar-refractivity contribution is -0.121. The molecular formula is C33H41F3N6O4S. The van der Waals surface area contributed by atoms with Crippen molar-refractivity contribution >= 4 is 28.2 Å². The van der Waals surface area contributed by atoms with E-state index in [0.29, 0.717) is 82.6 Å². The van der Waals surface area contributed by atoms with E-state index in [-0.39, 0.29) is 35.9 Å². The number of carbonyl (C=O) groups is 2. The highest BCUT2D eigenvalue weighted by Gasteiger charge is 2.38. The number of nitrogens with zero attached hydrogens (tertiary/aromatic N) is 3. The fourth-order valence-corrected chi connectivity index (χ4v) is 8.40. The molecule has 0 radical (unpaired) electrons. The van der Waals surface area contributed by atoms with E-state index >= 15 is 0 Å². The van der Waals surface area contributed by atoms with Gasteiger partial charge in [0.1, 0.15) is 17.5 Å². The van der Waals surface area contributed by atoms with E-state index < -0.39 is 33.6 Å². The number of amides is 2. The first-order valence-electron chi connectivity index (χ1n) is 16.0. The zero-order valence-corrected chi connectivity index (χ0v) is 27.2. The summed E-state index contributed by atoms with van der Waals surface area (Å²) in [5.41, 5.74) is 2.27. The van der Waals surface area contributed by atoms with Gasteiger partial charge in [0.25, 0.3) is 10.2 Å². The van der Waals surface area contributed by atoms with E-state index in [1.54, 1.807) is 10.5 Å². The van der Waals surface area contributed by atoms with Gasteiger partial charge in [0, 0.05) is 76.4 Å². The van der Waals surface area contributed by atoms with Gasteiger partial charge in [-0.05, 0) is 73.1 Å². The molecule has 0 saturated carbocycles. The van der Waals surface area contributed by atoms with Gasteiger partial charge in [0.2, 0.25) is 11.8 Å². The maximum absolute atomic E-state index is 14.1. The lowest BCUT2D eigenvalue weighted by atomic mass is 9.88. The molecule has 2 saturated heterocycles. The number of carbonyl (C=O) groups excluding carboxylic acids is 2. The minimum Gasteiger partial charge on any atom is -0.354 e. The Labute approximate surface area is 273 Å². The SMILES string of the molecule is CC(=O)NC1CCN(S(=O)(=O)N2CCNC[C@@H]2CCCC2=C(NC(=O)C[C@@H](c3ccc(F)cc3)c3cc(F)cc(F)c3)C=NC2)CC1. The van der Waals surface area contributed by atoms with Crippen LogP contribution < -0.4 is 16.0 Å². The van der Waals surface area contributed by atoms with Crippen LogP contribution in [0.5, 0.6) is 0 Å². The molecule has 2 fully saturated rings. The minimum absolute atomic E-state index is 0.0208. The Kier molecular flexibility index (Phi) is 11.5. The number of hydrogen-bond donors (Lipinski definition) is 3. The second-order valence-electron chi connectivity index (χ2n) is 12.3. The maximum Gasteiger partial charge on any atom is 0.282 e. The normalized spacial score (nSPS) is 20.4. The summed E-state index contributed by atoms with van der Waals surface area (Å²) >= 11 is 0. The van der Waals surface area contributed by atoms with Crippen LogP contribution >= 0.6 is 0 Å². The molecule has 5 rings (SSSR count). The molecule has 3 aliphatic heterocycles. The summed E-state index contributed by atoms with van der Waals surface area (Å²) < 4.78 is 72.2. The first-order valence-corrected chi connectivity index (χ1v) is 17.4. The first-order chi connectivity index (χ1) is 22.5. The monoisotopic (exact) mass is 674 g/mol. The van der Waals surface area contributed by atoms with Crippen molar-refractivity contribution in [1.29, 1.82) is 0 Å². The van der Waals surface area contributed by atoms with Crippen LogP contribution in [0.3, 0.4) is 0 Å². The Balaban J connectivity index is 1.20. The van der Waals surface area contributed by atoms with Gasteiger partial charge >= 0.3 is 0 Å². The van der Waals surface area contributed by atoms with Crippen LogP contribution in [0.25, 0.3) is 0 Å². The van der Waals surface area contributed by atoms with Crippen molar-refractivity contribution in [2.45, 2.75) is 63.5 Å². The molecule has 0 aromatic heterocycles. The molecule has 3 N–H and O–H groups in total. The zero-order valence-electron chi connectivity index (χ0n) is 26.4. The summed E-state index contributed by atoms with van der Waals surface area (Å²) in [6, 6.07) is 8.32. The fraction of sp³-hybridized carbons (Fsp3) is 0.485. The topological polar surface area (TPSA) is 123 Å². The lowest BCUT2D eigenvalue weighted by Gasteiger charge is -2.40. The van der Waals surface area contributed by atoms with Gasteiger partial charge in [-0.3, -0.25) is 14.6 Å². The Hall–Kier alpha value is -3.59. The zero-order chi connectivity index (χ0) is 33.6. The van der Waals surface area contributed by atoms with Gasteiger partial charge in [0.05, 0.1) is 12.2 Å². The molecule has 0 bridgehead atoms. The third kappa shape index (κ3) is 9.06. The molecule has 3 aliphatic rings. The third-order valence-electron chi connectivity index (χ3n) is 8.90. The van der Waals surface area contributed by atoms with Crippen molar-refractivity contribution in [2.75, 3.05) is 39.3 Å². The third-order valence-corrected chi connectivity index (χ3v) is 11.0. The summed E-state index contributed by atoms with van der Waals surface area (Å²) in [6.07, 6.45) is 4.47. The molecule has 2 atom stereocenters. The second-order valence-corrected chi connectivity index (χ2v) is 14.2. The molecule has 3 heterocycles. The van der Waals surface area contributed by atoms with Gasteiger partial charge in [-0.15, -0.1) is 0 Å². The number of allylic oxidation sites excluding steroid dienone is 1. The number of nitrogens with one attached hydrogen (secondary N) is 3. The predicted molar refractivity (Wildman–Crippen MR) is 172 cm³/mol. The van der Waals surface area contributed by atoms with Crippen LogP contribution in [0, 0.1) is 17.5 Å². The highest BCUT2D eigenvalue weighted by atomic mass is 32.2. The van der Waals surface area contributed by atoms with Crippen molar-refractivity contribution in [3.63, 3.8) is 0 Å². The number of piperazine rings is 1. The van der Waals surface area contributed by atoms with Crippen LogP contribution in [0.2, 0.25) is 0 Å². The van der Waals surface area contributed by atoms with E-state index in [4.69, 9.17) is 0 Å². The van der Waals surface area contributed by atoms with Gasteiger partial charge in [-0.25, -0.2) is 13.2 Å². The molecule has 14 heteroatoms. The van der Waals surface area contributed by atoms with Gasteiger partial charge in [0.15, 0.2) is 0 Å². The molecule has 2 amide bonds.